The molecule has 0 fully saturated rings. The average molecular weight is 338 g/mol. The molecular formula is C16H16ClNO3S. The van der Waals surface area contributed by atoms with Gasteiger partial charge < -0.3 is 10.4 Å². The van der Waals surface area contributed by atoms with Crippen LogP contribution in [0.1, 0.15) is 34.8 Å². The molecule has 0 saturated heterocycles. The highest BCUT2D eigenvalue weighted by Gasteiger charge is 2.40. The van der Waals surface area contributed by atoms with Gasteiger partial charge in [0.25, 0.3) is 5.91 Å². The second-order valence-electron chi connectivity index (χ2n) is 4.99. The third kappa shape index (κ3) is 3.00. The molecule has 0 spiro atoms. The van der Waals surface area contributed by atoms with Gasteiger partial charge in [0.15, 0.2) is 5.54 Å². The molecule has 1 heterocycles. The molecule has 22 heavy (non-hydrogen) atoms. The van der Waals surface area contributed by atoms with Crippen molar-refractivity contribution in [3.05, 3.63) is 56.7 Å². The third-order valence-corrected chi connectivity index (χ3v) is 4.77. The van der Waals surface area contributed by atoms with Gasteiger partial charge >= 0.3 is 5.97 Å². The van der Waals surface area contributed by atoms with Crippen LogP contribution in [0, 0.1) is 6.92 Å². The molecule has 0 aliphatic carbocycles. The number of carboxylic acids is 1. The van der Waals surface area contributed by atoms with Crippen molar-refractivity contribution in [3.8, 4) is 0 Å². The SMILES string of the molecule is CCC(NC(=O)c1cscc1C)(C(=O)O)c1ccc(Cl)cc1. The number of nitrogens with one attached hydrogen (secondary N) is 1. The molecule has 2 aromatic rings. The molecular weight excluding hydrogens is 322 g/mol. The van der Waals surface area contributed by atoms with E-state index in [1.165, 1.54) is 11.3 Å². The Morgan fingerprint density at radius 1 is 1.27 bits per heavy atom. The summed E-state index contributed by atoms with van der Waals surface area (Å²) in [6, 6.07) is 6.49. The number of hydrogen-bond acceptors (Lipinski definition) is 3. The predicted molar refractivity (Wildman–Crippen MR) is 87.6 cm³/mol. The zero-order chi connectivity index (χ0) is 16.3. The molecule has 6 heteroatoms. The van der Waals surface area contributed by atoms with E-state index in [1.54, 1.807) is 36.6 Å². The van der Waals surface area contributed by atoms with E-state index >= 15 is 0 Å². The molecule has 2 rings (SSSR count). The number of carboxylic acid groups (broad SMARTS) is 1. The first-order valence-corrected chi connectivity index (χ1v) is 8.07. The summed E-state index contributed by atoms with van der Waals surface area (Å²) < 4.78 is 0. The molecule has 1 aromatic heterocycles. The Bertz CT molecular complexity index is 696. The normalized spacial score (nSPS) is 13.4. The molecule has 0 radical (unpaired) electrons. The first kappa shape index (κ1) is 16.5. The zero-order valence-electron chi connectivity index (χ0n) is 12.2. The number of amides is 1. The van der Waals surface area contributed by atoms with Crippen molar-refractivity contribution in [3.63, 3.8) is 0 Å². The number of aryl methyl sites for hydroxylation is 1. The highest BCUT2D eigenvalue weighted by molar-refractivity contribution is 7.08. The van der Waals surface area contributed by atoms with Gasteiger partial charge in [0.2, 0.25) is 0 Å². The van der Waals surface area contributed by atoms with Crippen molar-refractivity contribution >= 4 is 34.8 Å². The van der Waals surface area contributed by atoms with E-state index in [-0.39, 0.29) is 6.42 Å². The summed E-state index contributed by atoms with van der Waals surface area (Å²) in [5.74, 6) is -1.49. The number of thiophene rings is 1. The Balaban J connectivity index is 2.42. The topological polar surface area (TPSA) is 66.4 Å². The first-order valence-electron chi connectivity index (χ1n) is 6.75. The Hall–Kier alpha value is -1.85. The lowest BCUT2D eigenvalue weighted by molar-refractivity contribution is -0.145. The van der Waals surface area contributed by atoms with Gasteiger partial charge in [-0.25, -0.2) is 4.79 Å². The Kier molecular flexibility index (Phi) is 4.88. The van der Waals surface area contributed by atoms with Gasteiger partial charge in [-0.05, 0) is 42.0 Å². The monoisotopic (exact) mass is 337 g/mol. The quantitative estimate of drug-likeness (QED) is 0.871. The van der Waals surface area contributed by atoms with Gasteiger partial charge in [-0.3, -0.25) is 4.79 Å². The molecule has 1 unspecified atom stereocenters. The minimum Gasteiger partial charge on any atom is -0.479 e. The molecule has 116 valence electrons. The fourth-order valence-electron chi connectivity index (χ4n) is 2.28. The summed E-state index contributed by atoms with van der Waals surface area (Å²) in [5.41, 5.74) is 0.343. The fourth-order valence-corrected chi connectivity index (χ4v) is 3.24. The Labute approximate surface area is 137 Å². The summed E-state index contributed by atoms with van der Waals surface area (Å²) >= 11 is 7.27. The maximum atomic E-state index is 12.5. The van der Waals surface area contributed by atoms with Crippen molar-refractivity contribution in [2.24, 2.45) is 0 Å². The molecule has 4 nitrogen and oxygen atoms in total. The second-order valence-corrected chi connectivity index (χ2v) is 6.17. The van der Waals surface area contributed by atoms with Crippen molar-refractivity contribution in [2.75, 3.05) is 0 Å². The van der Waals surface area contributed by atoms with Crippen molar-refractivity contribution in [2.45, 2.75) is 25.8 Å². The highest BCUT2D eigenvalue weighted by atomic mass is 35.5. The number of carbonyl (C=O) groups excluding carboxylic acids is 1. The number of halogens is 1. The van der Waals surface area contributed by atoms with Crippen molar-refractivity contribution in [1.82, 2.24) is 5.32 Å². The molecule has 0 aliphatic rings. The fraction of sp³-hybridized carbons (Fsp3) is 0.250. The largest absolute Gasteiger partial charge is 0.479 e. The molecule has 1 atom stereocenters. The third-order valence-electron chi connectivity index (χ3n) is 3.66. The molecule has 1 amide bonds. The molecule has 0 bridgehead atoms. The molecule has 1 aromatic carbocycles. The van der Waals surface area contributed by atoms with Gasteiger partial charge in [0, 0.05) is 10.4 Å². The van der Waals surface area contributed by atoms with Crippen LogP contribution in [0.25, 0.3) is 0 Å². The smallest absolute Gasteiger partial charge is 0.334 e. The summed E-state index contributed by atoms with van der Waals surface area (Å²) in [4.78, 5) is 24.3. The van der Waals surface area contributed by atoms with Gasteiger partial charge in [0.1, 0.15) is 0 Å². The summed E-state index contributed by atoms with van der Waals surface area (Å²) in [5, 5.41) is 16.5. The van der Waals surface area contributed by atoms with E-state index in [1.807, 2.05) is 12.3 Å². The predicted octanol–water partition coefficient (Wildman–Crippen LogP) is 3.83. The maximum absolute atomic E-state index is 12.5. The van der Waals surface area contributed by atoms with Crippen molar-refractivity contribution < 1.29 is 14.7 Å². The van der Waals surface area contributed by atoms with Crippen LogP contribution in [0.15, 0.2) is 35.0 Å². The zero-order valence-corrected chi connectivity index (χ0v) is 13.8. The minimum absolute atomic E-state index is 0.221. The number of aliphatic carboxylic acids is 1. The lowest BCUT2D eigenvalue weighted by Gasteiger charge is -2.30. The number of hydrogen-bond donors (Lipinski definition) is 2. The number of carbonyl (C=O) groups is 2. The van der Waals surface area contributed by atoms with Gasteiger partial charge in [-0.2, -0.15) is 11.3 Å². The van der Waals surface area contributed by atoms with Crippen LogP contribution >= 0.6 is 22.9 Å². The van der Waals surface area contributed by atoms with E-state index in [0.717, 1.165) is 5.56 Å². The van der Waals surface area contributed by atoms with Crippen LogP contribution in [0.4, 0.5) is 0 Å². The summed E-state index contributed by atoms with van der Waals surface area (Å²) in [7, 11) is 0. The standard InChI is InChI=1S/C16H16ClNO3S/c1-3-16(15(20)21,11-4-6-12(17)7-5-11)18-14(19)13-9-22-8-10(13)2/h4-9H,3H2,1-2H3,(H,18,19)(H,20,21). The minimum atomic E-state index is -1.48. The van der Waals surface area contributed by atoms with E-state index in [4.69, 9.17) is 11.6 Å². The van der Waals surface area contributed by atoms with Gasteiger partial charge in [-0.1, -0.05) is 30.7 Å². The lowest BCUT2D eigenvalue weighted by Crippen LogP contribution is -2.51. The molecule has 2 N–H and O–H groups in total. The van der Waals surface area contributed by atoms with Crippen LogP contribution in [0.5, 0.6) is 0 Å². The van der Waals surface area contributed by atoms with E-state index in [2.05, 4.69) is 5.32 Å². The van der Waals surface area contributed by atoms with Crippen LogP contribution in [-0.4, -0.2) is 17.0 Å². The van der Waals surface area contributed by atoms with E-state index in [0.29, 0.717) is 16.1 Å². The Morgan fingerprint density at radius 3 is 2.36 bits per heavy atom. The summed E-state index contributed by atoms with van der Waals surface area (Å²) in [6.07, 6.45) is 0.221. The molecule has 0 aliphatic heterocycles. The van der Waals surface area contributed by atoms with Crippen LogP contribution in [0.3, 0.4) is 0 Å². The van der Waals surface area contributed by atoms with Crippen LogP contribution in [-0.2, 0) is 10.3 Å². The van der Waals surface area contributed by atoms with E-state index < -0.39 is 17.4 Å². The number of rotatable bonds is 5. The van der Waals surface area contributed by atoms with Gasteiger partial charge in [-0.15, -0.1) is 0 Å². The first-order chi connectivity index (χ1) is 10.4. The molecule has 0 saturated carbocycles. The number of benzene rings is 1. The van der Waals surface area contributed by atoms with Crippen molar-refractivity contribution in [1.29, 1.82) is 0 Å². The van der Waals surface area contributed by atoms with E-state index in [9.17, 15) is 14.7 Å². The summed E-state index contributed by atoms with van der Waals surface area (Å²) in [6.45, 7) is 3.55. The van der Waals surface area contributed by atoms with Crippen LogP contribution in [0.2, 0.25) is 5.02 Å². The van der Waals surface area contributed by atoms with Gasteiger partial charge in [0.05, 0.1) is 5.56 Å². The van der Waals surface area contributed by atoms with Crippen LogP contribution < -0.4 is 5.32 Å². The Morgan fingerprint density at radius 2 is 1.91 bits per heavy atom. The second kappa shape index (κ2) is 6.50. The highest BCUT2D eigenvalue weighted by Crippen LogP contribution is 2.28. The maximum Gasteiger partial charge on any atom is 0.334 e. The average Bonchev–Trinajstić information content (AvgIpc) is 2.91. The lowest BCUT2D eigenvalue weighted by atomic mass is 9.87.